The largest absolute Gasteiger partial charge is 0.497 e. The van der Waals surface area contributed by atoms with E-state index < -0.39 is 0 Å². The zero-order valence-electron chi connectivity index (χ0n) is 15.3. The molecule has 4 rings (SSSR count). The number of amides is 1. The predicted molar refractivity (Wildman–Crippen MR) is 106 cm³/mol. The molecule has 138 valence electrons. The molecule has 6 nitrogen and oxygen atoms in total. The molecule has 1 aliphatic heterocycles. The average Bonchev–Trinajstić information content (AvgIpc) is 3.07. The van der Waals surface area contributed by atoms with Crippen molar-refractivity contribution < 1.29 is 9.53 Å². The van der Waals surface area contributed by atoms with E-state index in [2.05, 4.69) is 39.9 Å². The number of hydrazone groups is 1. The highest BCUT2D eigenvalue weighted by Gasteiger charge is 2.30. The number of ether oxygens (including phenoxy) is 1. The van der Waals surface area contributed by atoms with Gasteiger partial charge < -0.3 is 9.72 Å². The van der Waals surface area contributed by atoms with E-state index in [1.165, 1.54) is 10.9 Å². The first kappa shape index (κ1) is 17.3. The van der Waals surface area contributed by atoms with Crippen molar-refractivity contribution in [3.8, 4) is 5.75 Å². The second-order valence-electron chi connectivity index (χ2n) is 6.72. The maximum absolute atomic E-state index is 12.6. The number of rotatable bonds is 4. The van der Waals surface area contributed by atoms with Crippen LogP contribution in [0.1, 0.15) is 29.8 Å². The molecule has 3 N–H and O–H groups in total. The fourth-order valence-corrected chi connectivity index (χ4v) is 3.60. The molecule has 2 aromatic carbocycles. The van der Waals surface area contributed by atoms with Crippen LogP contribution in [0.5, 0.6) is 5.75 Å². The van der Waals surface area contributed by atoms with Gasteiger partial charge >= 0.3 is 0 Å². The maximum Gasteiger partial charge on any atom is 0.257 e. The molecule has 27 heavy (non-hydrogen) atoms. The zero-order valence-corrected chi connectivity index (χ0v) is 15.3. The van der Waals surface area contributed by atoms with E-state index in [-0.39, 0.29) is 18.0 Å². The van der Waals surface area contributed by atoms with Crippen LogP contribution in [0.4, 0.5) is 0 Å². The minimum atomic E-state index is -0.325. The number of hydrogen-bond acceptors (Lipinski definition) is 4. The molecule has 6 heteroatoms. The Balaban J connectivity index is 1.47. The van der Waals surface area contributed by atoms with Gasteiger partial charge in [-0.25, -0.2) is 5.43 Å². The molecule has 0 fully saturated rings. The highest BCUT2D eigenvalue weighted by atomic mass is 16.5. The predicted octanol–water partition coefficient (Wildman–Crippen LogP) is 2.90. The zero-order chi connectivity index (χ0) is 18.8. The van der Waals surface area contributed by atoms with Gasteiger partial charge in [0, 0.05) is 22.6 Å². The van der Waals surface area contributed by atoms with Crippen LogP contribution in [0.15, 0.2) is 53.6 Å². The van der Waals surface area contributed by atoms with Crippen molar-refractivity contribution in [1.29, 1.82) is 0 Å². The number of hydrogen-bond donors (Lipinski definition) is 3. The number of H-pyrrole nitrogens is 1. The number of fused-ring (bicyclic) bond motifs is 3. The third kappa shape index (κ3) is 3.44. The molecule has 1 aromatic heterocycles. The SMILES string of the molecule is COc1cccc(/C=N/NC(=O)C2Cc3c([nH]c4ccccc34)C(C)N2)c1. The summed E-state index contributed by atoms with van der Waals surface area (Å²) in [5.41, 5.74) is 6.97. The van der Waals surface area contributed by atoms with Gasteiger partial charge in [-0.05, 0) is 42.7 Å². The normalized spacial score (nSPS) is 19.2. The standard InChI is InChI=1S/C21H22N4O2/c1-13-20-17(16-8-3-4-9-18(16)24-20)11-19(23-13)21(26)25-22-12-14-6-5-7-15(10-14)27-2/h3-10,12-13,19,23-24H,11H2,1-2H3,(H,25,26)/b22-12+. The van der Waals surface area contributed by atoms with Crippen LogP contribution in [0.3, 0.4) is 0 Å². The Labute approximate surface area is 157 Å². The molecule has 0 aliphatic carbocycles. The van der Waals surface area contributed by atoms with E-state index in [1.807, 2.05) is 36.4 Å². The van der Waals surface area contributed by atoms with E-state index >= 15 is 0 Å². The monoisotopic (exact) mass is 362 g/mol. The Morgan fingerprint density at radius 3 is 2.96 bits per heavy atom. The summed E-state index contributed by atoms with van der Waals surface area (Å²) in [5, 5.41) is 8.64. The first-order valence-corrected chi connectivity index (χ1v) is 8.98. The van der Waals surface area contributed by atoms with Crippen LogP contribution < -0.4 is 15.5 Å². The molecule has 0 saturated carbocycles. The number of benzene rings is 2. The quantitative estimate of drug-likeness (QED) is 0.493. The summed E-state index contributed by atoms with van der Waals surface area (Å²) in [6.07, 6.45) is 2.24. The molecule has 3 aromatic rings. The van der Waals surface area contributed by atoms with Crippen molar-refractivity contribution in [2.45, 2.75) is 25.4 Å². The number of nitrogens with zero attached hydrogens (tertiary/aromatic N) is 1. The lowest BCUT2D eigenvalue weighted by Crippen LogP contribution is -2.47. The highest BCUT2D eigenvalue weighted by molar-refractivity contribution is 5.89. The highest BCUT2D eigenvalue weighted by Crippen LogP contribution is 2.31. The van der Waals surface area contributed by atoms with Crippen LogP contribution in [-0.2, 0) is 11.2 Å². The molecule has 2 unspecified atom stereocenters. The van der Waals surface area contributed by atoms with Gasteiger partial charge in [-0.1, -0.05) is 30.3 Å². The van der Waals surface area contributed by atoms with Gasteiger partial charge in [0.1, 0.15) is 5.75 Å². The fourth-order valence-electron chi connectivity index (χ4n) is 3.60. The summed E-state index contributed by atoms with van der Waals surface area (Å²) in [6, 6.07) is 15.4. The molecule has 2 heterocycles. The van der Waals surface area contributed by atoms with Gasteiger partial charge in [-0.15, -0.1) is 0 Å². The average molecular weight is 362 g/mol. The van der Waals surface area contributed by atoms with Gasteiger partial charge in [0.15, 0.2) is 0 Å². The van der Waals surface area contributed by atoms with Crippen LogP contribution in [0.25, 0.3) is 10.9 Å². The van der Waals surface area contributed by atoms with Crippen molar-refractivity contribution in [1.82, 2.24) is 15.7 Å². The van der Waals surface area contributed by atoms with E-state index in [9.17, 15) is 4.79 Å². The lowest BCUT2D eigenvalue weighted by Gasteiger charge is -2.27. The van der Waals surface area contributed by atoms with Crippen LogP contribution in [-0.4, -0.2) is 30.3 Å². The van der Waals surface area contributed by atoms with Crippen molar-refractivity contribution in [3.05, 3.63) is 65.4 Å². The smallest absolute Gasteiger partial charge is 0.257 e. The number of nitrogens with one attached hydrogen (secondary N) is 3. The second-order valence-corrected chi connectivity index (χ2v) is 6.72. The summed E-state index contributed by atoms with van der Waals surface area (Å²) in [7, 11) is 1.62. The summed E-state index contributed by atoms with van der Waals surface area (Å²) in [6.45, 7) is 2.06. The second kappa shape index (κ2) is 7.25. The third-order valence-corrected chi connectivity index (χ3v) is 4.94. The van der Waals surface area contributed by atoms with Crippen molar-refractivity contribution in [3.63, 3.8) is 0 Å². The lowest BCUT2D eigenvalue weighted by molar-refractivity contribution is -0.123. The van der Waals surface area contributed by atoms with E-state index in [4.69, 9.17) is 4.74 Å². The molecule has 0 spiro atoms. The molecule has 1 amide bonds. The Morgan fingerprint density at radius 2 is 2.11 bits per heavy atom. The maximum atomic E-state index is 12.6. The molecule has 0 radical (unpaired) electrons. The number of methoxy groups -OCH3 is 1. The Hall–Kier alpha value is -3.12. The number of aromatic nitrogens is 1. The molecule has 0 saturated heterocycles. The molecule has 1 aliphatic rings. The topological polar surface area (TPSA) is 78.5 Å². The number of carbonyl (C=O) groups is 1. The van der Waals surface area contributed by atoms with Crippen molar-refractivity contribution in [2.75, 3.05) is 7.11 Å². The van der Waals surface area contributed by atoms with E-state index in [0.29, 0.717) is 6.42 Å². The van der Waals surface area contributed by atoms with E-state index in [1.54, 1.807) is 13.3 Å². The van der Waals surface area contributed by atoms with Gasteiger partial charge in [0.05, 0.1) is 19.4 Å². The molecule has 2 atom stereocenters. The molecular weight excluding hydrogens is 340 g/mol. The van der Waals surface area contributed by atoms with Gasteiger partial charge in [0.2, 0.25) is 0 Å². The van der Waals surface area contributed by atoms with Crippen molar-refractivity contribution >= 4 is 23.0 Å². The minimum Gasteiger partial charge on any atom is -0.497 e. The Bertz CT molecular complexity index is 1010. The Morgan fingerprint density at radius 1 is 1.26 bits per heavy atom. The van der Waals surface area contributed by atoms with Gasteiger partial charge in [-0.2, -0.15) is 5.10 Å². The summed E-state index contributed by atoms with van der Waals surface area (Å²) < 4.78 is 5.19. The fraction of sp³-hybridized carbons (Fsp3) is 0.238. The van der Waals surface area contributed by atoms with Gasteiger partial charge in [-0.3, -0.25) is 10.1 Å². The minimum absolute atomic E-state index is 0.0688. The number of para-hydroxylation sites is 1. The first-order valence-electron chi connectivity index (χ1n) is 8.98. The summed E-state index contributed by atoms with van der Waals surface area (Å²) in [5.74, 6) is 0.608. The van der Waals surface area contributed by atoms with Gasteiger partial charge in [0.25, 0.3) is 5.91 Å². The number of aromatic amines is 1. The lowest BCUT2D eigenvalue weighted by atomic mass is 9.94. The van der Waals surface area contributed by atoms with Crippen LogP contribution >= 0.6 is 0 Å². The van der Waals surface area contributed by atoms with Crippen LogP contribution in [0.2, 0.25) is 0 Å². The van der Waals surface area contributed by atoms with Crippen molar-refractivity contribution in [2.24, 2.45) is 5.10 Å². The van der Waals surface area contributed by atoms with Crippen LogP contribution in [0, 0.1) is 0 Å². The first-order chi connectivity index (χ1) is 13.2. The molecular formula is C21H22N4O2. The summed E-state index contributed by atoms with van der Waals surface area (Å²) in [4.78, 5) is 16.1. The Kier molecular flexibility index (Phi) is 4.64. The number of carbonyl (C=O) groups excluding carboxylic acids is 1. The summed E-state index contributed by atoms with van der Waals surface area (Å²) >= 11 is 0. The molecule has 0 bridgehead atoms. The third-order valence-electron chi connectivity index (χ3n) is 4.94. The van der Waals surface area contributed by atoms with E-state index in [0.717, 1.165) is 22.5 Å².